The van der Waals surface area contributed by atoms with Crippen molar-refractivity contribution in [3.05, 3.63) is 64.7 Å². The summed E-state index contributed by atoms with van der Waals surface area (Å²) in [6.07, 6.45) is 1.95. The van der Waals surface area contributed by atoms with Gasteiger partial charge in [0.2, 0.25) is 0 Å². The number of likely N-dealkylation sites (tertiary alicyclic amines) is 1. The lowest BCUT2D eigenvalue weighted by atomic mass is 10.0. The molecule has 7 heteroatoms. The molecule has 0 spiro atoms. The molecule has 2 aromatic carbocycles. The third-order valence-corrected chi connectivity index (χ3v) is 6.09. The van der Waals surface area contributed by atoms with Gasteiger partial charge >= 0.3 is 0 Å². The van der Waals surface area contributed by atoms with Gasteiger partial charge < -0.3 is 9.80 Å². The van der Waals surface area contributed by atoms with Crippen molar-refractivity contribution >= 4 is 23.2 Å². The predicted octanol–water partition coefficient (Wildman–Crippen LogP) is 4.05. The molecule has 4 rings (SSSR count). The summed E-state index contributed by atoms with van der Waals surface area (Å²) in [5, 5.41) is 0.739. The van der Waals surface area contributed by atoms with Crippen LogP contribution in [-0.4, -0.2) is 61.0 Å². The SMILES string of the molecule is O=C(c1ccc(F)c(F)c1)N1CCC[C@H](N2CCN(c3cccc(Cl)c3)CC2)C1. The first kappa shape index (κ1) is 20.1. The lowest BCUT2D eigenvalue weighted by molar-refractivity contribution is 0.0563. The maximum atomic E-state index is 13.5. The number of carbonyl (C=O) groups excluding carboxylic acids is 1. The number of benzene rings is 2. The molecule has 154 valence electrons. The Morgan fingerprint density at radius 3 is 2.48 bits per heavy atom. The first-order valence-electron chi connectivity index (χ1n) is 10.00. The van der Waals surface area contributed by atoms with Crippen LogP contribution >= 0.6 is 11.6 Å². The smallest absolute Gasteiger partial charge is 0.254 e. The summed E-state index contributed by atoms with van der Waals surface area (Å²) in [6, 6.07) is 11.6. The Morgan fingerprint density at radius 2 is 1.76 bits per heavy atom. The number of hydrogen-bond acceptors (Lipinski definition) is 3. The second kappa shape index (κ2) is 8.67. The van der Waals surface area contributed by atoms with E-state index < -0.39 is 11.6 Å². The van der Waals surface area contributed by atoms with E-state index in [1.54, 1.807) is 4.90 Å². The minimum Gasteiger partial charge on any atom is -0.369 e. The summed E-state index contributed by atoms with van der Waals surface area (Å²) < 4.78 is 26.7. The van der Waals surface area contributed by atoms with Gasteiger partial charge in [0.25, 0.3) is 5.91 Å². The van der Waals surface area contributed by atoms with Gasteiger partial charge in [-0.25, -0.2) is 8.78 Å². The molecule has 29 heavy (non-hydrogen) atoms. The maximum Gasteiger partial charge on any atom is 0.254 e. The van der Waals surface area contributed by atoms with Crippen LogP contribution < -0.4 is 4.90 Å². The van der Waals surface area contributed by atoms with Gasteiger partial charge in [-0.05, 0) is 49.2 Å². The standard InChI is InChI=1S/C22H24ClF2N3O/c23-17-3-1-4-18(14-17)26-9-11-27(12-10-26)19-5-2-8-28(15-19)22(29)16-6-7-20(24)21(25)13-16/h1,3-4,6-7,13-14,19H,2,5,8-12,15H2/t19-/m0/s1. The van der Waals surface area contributed by atoms with Crippen LogP contribution in [0.2, 0.25) is 5.02 Å². The maximum absolute atomic E-state index is 13.5. The topological polar surface area (TPSA) is 26.8 Å². The van der Waals surface area contributed by atoms with Crippen molar-refractivity contribution < 1.29 is 13.6 Å². The van der Waals surface area contributed by atoms with Crippen LogP contribution in [-0.2, 0) is 0 Å². The quantitative estimate of drug-likeness (QED) is 0.751. The highest BCUT2D eigenvalue weighted by atomic mass is 35.5. The minimum atomic E-state index is -0.985. The van der Waals surface area contributed by atoms with Gasteiger partial charge in [0.15, 0.2) is 11.6 Å². The Labute approximate surface area is 174 Å². The molecule has 2 aliphatic heterocycles. The van der Waals surface area contributed by atoms with Gasteiger partial charge in [-0.15, -0.1) is 0 Å². The largest absolute Gasteiger partial charge is 0.369 e. The van der Waals surface area contributed by atoms with Crippen molar-refractivity contribution in [1.29, 1.82) is 0 Å². The Balaban J connectivity index is 1.36. The lowest BCUT2D eigenvalue weighted by Crippen LogP contribution is -2.55. The second-order valence-electron chi connectivity index (χ2n) is 7.68. The van der Waals surface area contributed by atoms with E-state index in [1.807, 2.05) is 18.2 Å². The lowest BCUT2D eigenvalue weighted by Gasteiger charge is -2.44. The fourth-order valence-electron chi connectivity index (χ4n) is 4.27. The molecule has 2 aromatic rings. The summed E-state index contributed by atoms with van der Waals surface area (Å²) in [5.74, 6) is -2.15. The number of carbonyl (C=O) groups is 1. The molecule has 2 fully saturated rings. The number of hydrogen-bond donors (Lipinski definition) is 0. The molecular weight excluding hydrogens is 396 g/mol. The molecule has 1 atom stereocenters. The van der Waals surface area contributed by atoms with E-state index in [-0.39, 0.29) is 11.5 Å². The van der Waals surface area contributed by atoms with Gasteiger partial charge in [0.05, 0.1) is 0 Å². The molecule has 2 saturated heterocycles. The zero-order valence-corrected chi connectivity index (χ0v) is 16.9. The van der Waals surface area contributed by atoms with Crippen molar-refractivity contribution in [1.82, 2.24) is 9.80 Å². The Hall–Kier alpha value is -2.18. The van der Waals surface area contributed by atoms with Gasteiger partial charge in [-0.2, -0.15) is 0 Å². The van der Waals surface area contributed by atoms with Crippen molar-refractivity contribution in [2.75, 3.05) is 44.2 Å². The normalized spacial score (nSPS) is 20.7. The van der Waals surface area contributed by atoms with E-state index in [9.17, 15) is 13.6 Å². The average Bonchev–Trinajstić information content (AvgIpc) is 2.75. The molecule has 0 radical (unpaired) electrons. The van der Waals surface area contributed by atoms with Gasteiger partial charge in [-0.3, -0.25) is 9.69 Å². The average molecular weight is 420 g/mol. The Kier molecular flexibility index (Phi) is 6.01. The summed E-state index contributed by atoms with van der Waals surface area (Å²) in [6.45, 7) is 4.93. The van der Waals surface area contributed by atoms with Gasteiger partial charge in [0.1, 0.15) is 0 Å². The van der Waals surface area contributed by atoms with Crippen molar-refractivity contribution in [2.45, 2.75) is 18.9 Å². The third-order valence-electron chi connectivity index (χ3n) is 5.85. The number of nitrogens with zero attached hydrogens (tertiary/aromatic N) is 3. The highest BCUT2D eigenvalue weighted by molar-refractivity contribution is 6.30. The molecule has 0 N–H and O–H groups in total. The second-order valence-corrected chi connectivity index (χ2v) is 8.12. The first-order chi connectivity index (χ1) is 14.0. The summed E-state index contributed by atoms with van der Waals surface area (Å²) in [4.78, 5) is 19.3. The molecule has 0 bridgehead atoms. The minimum absolute atomic E-state index is 0.204. The van der Waals surface area contributed by atoms with Crippen molar-refractivity contribution in [3.8, 4) is 0 Å². The number of anilines is 1. The van der Waals surface area contributed by atoms with E-state index >= 15 is 0 Å². The fraction of sp³-hybridized carbons (Fsp3) is 0.409. The highest BCUT2D eigenvalue weighted by Gasteiger charge is 2.30. The molecule has 0 aromatic heterocycles. The highest BCUT2D eigenvalue weighted by Crippen LogP contribution is 2.24. The van der Waals surface area contributed by atoms with E-state index in [2.05, 4.69) is 15.9 Å². The molecular formula is C22H24ClF2N3O. The summed E-state index contributed by atoms with van der Waals surface area (Å²) >= 11 is 6.11. The monoisotopic (exact) mass is 419 g/mol. The number of piperazine rings is 1. The first-order valence-corrected chi connectivity index (χ1v) is 10.4. The molecule has 1 amide bonds. The number of halogens is 3. The van der Waals surface area contributed by atoms with E-state index in [1.165, 1.54) is 6.07 Å². The van der Waals surface area contributed by atoms with Crippen LogP contribution in [0.3, 0.4) is 0 Å². The van der Waals surface area contributed by atoms with Crippen LogP contribution in [0.5, 0.6) is 0 Å². The Bertz CT molecular complexity index is 886. The van der Waals surface area contributed by atoms with Crippen molar-refractivity contribution in [3.63, 3.8) is 0 Å². The van der Waals surface area contributed by atoms with E-state index in [0.717, 1.165) is 61.9 Å². The molecule has 4 nitrogen and oxygen atoms in total. The molecule has 0 saturated carbocycles. The van der Waals surface area contributed by atoms with Crippen LogP contribution in [0.4, 0.5) is 14.5 Å². The van der Waals surface area contributed by atoms with E-state index in [4.69, 9.17) is 11.6 Å². The van der Waals surface area contributed by atoms with Crippen LogP contribution in [0.1, 0.15) is 23.2 Å². The van der Waals surface area contributed by atoms with E-state index in [0.29, 0.717) is 19.1 Å². The van der Waals surface area contributed by atoms with Gasteiger partial charge in [-0.1, -0.05) is 17.7 Å². The molecule has 2 aliphatic rings. The summed E-state index contributed by atoms with van der Waals surface area (Å²) in [5.41, 5.74) is 1.34. The van der Waals surface area contributed by atoms with Crippen LogP contribution in [0.15, 0.2) is 42.5 Å². The number of amides is 1. The zero-order valence-electron chi connectivity index (χ0n) is 16.2. The molecule has 0 aliphatic carbocycles. The Morgan fingerprint density at radius 1 is 0.966 bits per heavy atom. The summed E-state index contributed by atoms with van der Waals surface area (Å²) in [7, 11) is 0. The molecule has 2 heterocycles. The molecule has 0 unspecified atom stereocenters. The fourth-order valence-corrected chi connectivity index (χ4v) is 4.45. The third kappa shape index (κ3) is 4.54. The van der Waals surface area contributed by atoms with Crippen LogP contribution in [0, 0.1) is 11.6 Å². The predicted molar refractivity (Wildman–Crippen MR) is 111 cm³/mol. The van der Waals surface area contributed by atoms with Crippen molar-refractivity contribution in [2.24, 2.45) is 0 Å². The zero-order chi connectivity index (χ0) is 20.4. The number of piperidine rings is 1. The number of rotatable bonds is 3. The van der Waals surface area contributed by atoms with Crippen LogP contribution in [0.25, 0.3) is 0 Å². The van der Waals surface area contributed by atoms with Gasteiger partial charge in [0, 0.05) is 61.6 Å².